The molecule has 1 aliphatic heterocycles. The van der Waals surface area contributed by atoms with Gasteiger partial charge in [-0.1, -0.05) is 31.6 Å². The molecule has 1 saturated heterocycles. The molecule has 1 heterocycles. The number of hydrogen-bond acceptors (Lipinski definition) is 2. The first-order valence-electron chi connectivity index (χ1n) is 8.12. The largest absolute Gasteiger partial charge is 0.490 e. The van der Waals surface area contributed by atoms with Crippen LogP contribution in [0.5, 0.6) is 5.75 Å². The van der Waals surface area contributed by atoms with Crippen molar-refractivity contribution in [3.05, 3.63) is 41.5 Å². The Morgan fingerprint density at radius 2 is 2.00 bits per heavy atom. The van der Waals surface area contributed by atoms with Crippen molar-refractivity contribution >= 4 is 0 Å². The zero-order chi connectivity index (χ0) is 15.3. The summed E-state index contributed by atoms with van der Waals surface area (Å²) in [5, 5.41) is 0. The van der Waals surface area contributed by atoms with Gasteiger partial charge in [0.05, 0.1) is 11.7 Å². The molecule has 0 N–H and O–H groups in total. The highest BCUT2D eigenvalue weighted by molar-refractivity contribution is 5.27. The van der Waals surface area contributed by atoms with Crippen molar-refractivity contribution in [2.75, 3.05) is 6.61 Å². The van der Waals surface area contributed by atoms with Crippen LogP contribution in [-0.2, 0) is 11.2 Å². The standard InChI is InChI=1S/C19H28O2/c1-5-16-8-10-17(11-9-16)20-14-13-15(3)7-12-18-19(4,6-2)21-18/h8-11,13,18H,5-7,12,14H2,1-4H3/b15-13-/t18-,19+/m0/s1. The molecule has 2 rings (SSSR count). The molecule has 0 spiro atoms. The maximum absolute atomic E-state index is 5.75. The molecule has 1 aliphatic rings. The van der Waals surface area contributed by atoms with E-state index in [-0.39, 0.29) is 5.60 Å². The Kier molecular flexibility index (Phi) is 5.46. The summed E-state index contributed by atoms with van der Waals surface area (Å²) in [5.74, 6) is 0.945. The van der Waals surface area contributed by atoms with Crippen molar-refractivity contribution in [2.24, 2.45) is 0 Å². The van der Waals surface area contributed by atoms with Crippen LogP contribution in [0, 0.1) is 0 Å². The second-order valence-corrected chi connectivity index (χ2v) is 6.17. The number of hydrogen-bond donors (Lipinski definition) is 0. The zero-order valence-electron chi connectivity index (χ0n) is 13.8. The first-order chi connectivity index (χ1) is 10.1. The quantitative estimate of drug-likeness (QED) is 0.500. The predicted molar refractivity (Wildman–Crippen MR) is 87.9 cm³/mol. The summed E-state index contributed by atoms with van der Waals surface area (Å²) in [6, 6.07) is 8.35. The highest BCUT2D eigenvalue weighted by atomic mass is 16.6. The number of aryl methyl sites for hydroxylation is 1. The molecule has 0 aromatic heterocycles. The molecule has 0 aliphatic carbocycles. The van der Waals surface area contributed by atoms with Crippen molar-refractivity contribution in [3.8, 4) is 5.75 Å². The normalized spacial score (nSPS) is 25.0. The number of rotatable bonds is 8. The van der Waals surface area contributed by atoms with Crippen LogP contribution in [0.3, 0.4) is 0 Å². The van der Waals surface area contributed by atoms with Gasteiger partial charge in [0.1, 0.15) is 12.4 Å². The van der Waals surface area contributed by atoms with E-state index < -0.39 is 0 Å². The monoisotopic (exact) mass is 288 g/mol. The van der Waals surface area contributed by atoms with Gasteiger partial charge in [-0.15, -0.1) is 0 Å². The Hall–Kier alpha value is -1.28. The van der Waals surface area contributed by atoms with Gasteiger partial charge < -0.3 is 9.47 Å². The number of epoxide rings is 1. The third-order valence-electron chi connectivity index (χ3n) is 4.55. The number of benzene rings is 1. The van der Waals surface area contributed by atoms with Gasteiger partial charge in [-0.2, -0.15) is 0 Å². The molecular weight excluding hydrogens is 260 g/mol. The maximum atomic E-state index is 5.75. The fraction of sp³-hybridized carbons (Fsp3) is 0.579. The minimum absolute atomic E-state index is 0.151. The molecule has 0 saturated carbocycles. The highest BCUT2D eigenvalue weighted by Crippen LogP contribution is 2.42. The smallest absolute Gasteiger partial charge is 0.119 e. The van der Waals surface area contributed by atoms with Gasteiger partial charge in [-0.25, -0.2) is 0 Å². The molecule has 0 unspecified atom stereocenters. The Morgan fingerprint density at radius 3 is 2.57 bits per heavy atom. The Bertz CT molecular complexity index is 475. The molecule has 1 fully saturated rings. The second kappa shape index (κ2) is 7.13. The second-order valence-electron chi connectivity index (χ2n) is 6.17. The van der Waals surface area contributed by atoms with Crippen LogP contribution in [0.4, 0.5) is 0 Å². The van der Waals surface area contributed by atoms with Crippen molar-refractivity contribution in [1.29, 1.82) is 0 Å². The van der Waals surface area contributed by atoms with E-state index in [0.29, 0.717) is 12.7 Å². The van der Waals surface area contributed by atoms with E-state index in [0.717, 1.165) is 31.4 Å². The van der Waals surface area contributed by atoms with Crippen molar-refractivity contribution < 1.29 is 9.47 Å². The van der Waals surface area contributed by atoms with E-state index in [1.807, 2.05) is 12.1 Å². The molecule has 116 valence electrons. The Balaban J connectivity index is 1.68. The molecule has 2 atom stereocenters. The summed E-state index contributed by atoms with van der Waals surface area (Å²) < 4.78 is 11.5. The van der Waals surface area contributed by atoms with Gasteiger partial charge in [-0.3, -0.25) is 0 Å². The molecular formula is C19H28O2. The minimum atomic E-state index is 0.151. The van der Waals surface area contributed by atoms with E-state index in [4.69, 9.17) is 9.47 Å². The van der Waals surface area contributed by atoms with Crippen LogP contribution in [0.15, 0.2) is 35.9 Å². The Labute approximate surface area is 129 Å². The van der Waals surface area contributed by atoms with E-state index in [2.05, 4.69) is 45.9 Å². The van der Waals surface area contributed by atoms with Gasteiger partial charge in [0.15, 0.2) is 0 Å². The van der Waals surface area contributed by atoms with Gasteiger partial charge >= 0.3 is 0 Å². The minimum Gasteiger partial charge on any atom is -0.490 e. The van der Waals surface area contributed by atoms with Gasteiger partial charge in [0, 0.05) is 0 Å². The molecule has 0 radical (unpaired) electrons. The van der Waals surface area contributed by atoms with E-state index in [9.17, 15) is 0 Å². The van der Waals surface area contributed by atoms with Crippen LogP contribution < -0.4 is 4.74 Å². The fourth-order valence-electron chi connectivity index (χ4n) is 2.53. The average Bonchev–Trinajstić information content (AvgIpc) is 3.17. The van der Waals surface area contributed by atoms with E-state index in [1.54, 1.807) is 0 Å². The lowest BCUT2D eigenvalue weighted by Crippen LogP contribution is -2.07. The molecule has 2 heteroatoms. The summed E-state index contributed by atoms with van der Waals surface area (Å²) in [4.78, 5) is 0. The first-order valence-corrected chi connectivity index (χ1v) is 8.12. The molecule has 1 aromatic carbocycles. The van der Waals surface area contributed by atoms with E-state index in [1.165, 1.54) is 11.1 Å². The molecule has 2 nitrogen and oxygen atoms in total. The van der Waals surface area contributed by atoms with Crippen LogP contribution in [0.25, 0.3) is 0 Å². The third-order valence-corrected chi connectivity index (χ3v) is 4.55. The molecule has 0 amide bonds. The summed E-state index contributed by atoms with van der Waals surface area (Å²) in [6.07, 6.45) is 7.03. The molecule has 0 bridgehead atoms. The van der Waals surface area contributed by atoms with Crippen molar-refractivity contribution in [2.45, 2.75) is 65.1 Å². The van der Waals surface area contributed by atoms with Gasteiger partial charge in [0.2, 0.25) is 0 Å². The summed E-state index contributed by atoms with van der Waals surface area (Å²) in [5.41, 5.74) is 2.88. The maximum Gasteiger partial charge on any atom is 0.119 e. The highest BCUT2D eigenvalue weighted by Gasteiger charge is 2.49. The fourth-order valence-corrected chi connectivity index (χ4v) is 2.53. The van der Waals surface area contributed by atoms with Gasteiger partial charge in [-0.05, 0) is 63.3 Å². The summed E-state index contributed by atoms with van der Waals surface area (Å²) >= 11 is 0. The average molecular weight is 288 g/mol. The predicted octanol–water partition coefficient (Wildman–Crippen LogP) is 4.92. The SMILES string of the molecule is CCc1ccc(OC/C=C(/C)CC[C@@H]2O[C@]2(C)CC)cc1. The van der Waals surface area contributed by atoms with Gasteiger partial charge in [0.25, 0.3) is 0 Å². The molecule has 21 heavy (non-hydrogen) atoms. The lowest BCUT2D eigenvalue weighted by atomic mass is 9.99. The van der Waals surface area contributed by atoms with Crippen molar-refractivity contribution in [3.63, 3.8) is 0 Å². The Morgan fingerprint density at radius 1 is 1.29 bits per heavy atom. The summed E-state index contributed by atoms with van der Waals surface area (Å²) in [6.45, 7) is 9.39. The van der Waals surface area contributed by atoms with Crippen LogP contribution in [-0.4, -0.2) is 18.3 Å². The lowest BCUT2D eigenvalue weighted by Gasteiger charge is -2.06. The third kappa shape index (κ3) is 4.60. The summed E-state index contributed by atoms with van der Waals surface area (Å²) in [7, 11) is 0. The van der Waals surface area contributed by atoms with Crippen molar-refractivity contribution in [1.82, 2.24) is 0 Å². The molecule has 1 aromatic rings. The number of allylic oxidation sites excluding steroid dienone is 1. The van der Waals surface area contributed by atoms with Crippen LogP contribution >= 0.6 is 0 Å². The van der Waals surface area contributed by atoms with Crippen LogP contribution in [0.1, 0.15) is 52.5 Å². The number of ether oxygens (including phenoxy) is 2. The van der Waals surface area contributed by atoms with Crippen LogP contribution in [0.2, 0.25) is 0 Å². The first kappa shape index (κ1) is 16.1. The van der Waals surface area contributed by atoms with E-state index >= 15 is 0 Å². The topological polar surface area (TPSA) is 21.8 Å². The lowest BCUT2D eigenvalue weighted by molar-refractivity contribution is 0.300. The zero-order valence-corrected chi connectivity index (χ0v) is 13.8.